The smallest absolute Gasteiger partial charge is 0.175 e. The summed E-state index contributed by atoms with van der Waals surface area (Å²) in [6.45, 7) is 2.05. The van der Waals surface area contributed by atoms with Gasteiger partial charge in [0, 0.05) is 19.2 Å². The summed E-state index contributed by atoms with van der Waals surface area (Å²) >= 11 is 5.95. The van der Waals surface area contributed by atoms with Crippen molar-refractivity contribution in [1.29, 1.82) is 0 Å². The summed E-state index contributed by atoms with van der Waals surface area (Å²) in [7, 11) is 0. The molecule has 1 aliphatic heterocycles. The Morgan fingerprint density at radius 1 is 1.36 bits per heavy atom. The molecule has 1 fully saturated rings. The van der Waals surface area contributed by atoms with E-state index < -0.39 is 0 Å². The molecule has 5 nitrogen and oxygen atoms in total. The largest absolute Gasteiger partial charge is 0.369 e. The first-order chi connectivity index (χ1) is 6.81. The highest BCUT2D eigenvalue weighted by molar-refractivity contribution is 6.32. The van der Waals surface area contributed by atoms with Crippen LogP contribution in [-0.4, -0.2) is 23.3 Å². The number of aromatic nitrogens is 2. The molecule has 76 valence electrons. The third kappa shape index (κ3) is 1.73. The van der Waals surface area contributed by atoms with Crippen molar-refractivity contribution in [2.24, 2.45) is 5.84 Å². The molecule has 0 spiro atoms. The molecule has 0 atom stereocenters. The van der Waals surface area contributed by atoms with Crippen LogP contribution in [0.2, 0.25) is 5.15 Å². The Morgan fingerprint density at radius 2 is 2.07 bits per heavy atom. The highest BCUT2D eigenvalue weighted by Crippen LogP contribution is 2.27. The molecule has 6 heteroatoms. The van der Waals surface area contributed by atoms with Gasteiger partial charge in [-0.2, -0.15) is 0 Å². The van der Waals surface area contributed by atoms with E-state index in [1.165, 1.54) is 12.8 Å². The summed E-state index contributed by atoms with van der Waals surface area (Å²) in [5.74, 6) is 5.79. The zero-order chi connectivity index (χ0) is 9.97. The summed E-state index contributed by atoms with van der Waals surface area (Å²) < 4.78 is 0. The highest BCUT2D eigenvalue weighted by atomic mass is 35.5. The van der Waals surface area contributed by atoms with Gasteiger partial charge in [-0.15, -0.1) is 10.2 Å². The Labute approximate surface area is 87.2 Å². The van der Waals surface area contributed by atoms with Crippen molar-refractivity contribution in [3.05, 3.63) is 11.2 Å². The van der Waals surface area contributed by atoms with E-state index in [2.05, 4.69) is 20.5 Å². The molecule has 1 saturated heterocycles. The number of hydrogen-bond donors (Lipinski definition) is 2. The number of hydrogen-bond acceptors (Lipinski definition) is 5. The molecule has 1 aliphatic rings. The van der Waals surface area contributed by atoms with E-state index in [-0.39, 0.29) is 0 Å². The van der Waals surface area contributed by atoms with Crippen LogP contribution in [0.4, 0.5) is 11.5 Å². The van der Waals surface area contributed by atoms with Crippen molar-refractivity contribution < 1.29 is 0 Å². The predicted octanol–water partition coefficient (Wildman–Crippen LogP) is 1.02. The van der Waals surface area contributed by atoms with Gasteiger partial charge >= 0.3 is 0 Å². The van der Waals surface area contributed by atoms with Crippen LogP contribution in [0.5, 0.6) is 0 Å². The number of anilines is 2. The van der Waals surface area contributed by atoms with E-state index in [0.717, 1.165) is 18.8 Å². The Morgan fingerprint density at radius 3 is 2.71 bits per heavy atom. The first-order valence-electron chi connectivity index (χ1n) is 4.56. The molecule has 1 aromatic rings. The molecule has 14 heavy (non-hydrogen) atoms. The maximum Gasteiger partial charge on any atom is 0.175 e. The molecular formula is C8H12ClN5. The van der Waals surface area contributed by atoms with Gasteiger partial charge in [0.1, 0.15) is 0 Å². The number of nitrogen functional groups attached to an aromatic ring is 1. The summed E-state index contributed by atoms with van der Waals surface area (Å²) in [6.07, 6.45) is 2.40. The van der Waals surface area contributed by atoms with Gasteiger partial charge in [0.15, 0.2) is 11.0 Å². The van der Waals surface area contributed by atoms with E-state index in [1.807, 2.05) is 6.07 Å². The second-order valence-electron chi connectivity index (χ2n) is 3.24. The second-order valence-corrected chi connectivity index (χ2v) is 3.60. The minimum atomic E-state index is 0.436. The van der Waals surface area contributed by atoms with E-state index in [4.69, 9.17) is 17.4 Å². The molecule has 0 bridgehead atoms. The molecule has 0 saturated carbocycles. The molecule has 0 amide bonds. The van der Waals surface area contributed by atoms with Crippen molar-refractivity contribution >= 4 is 23.1 Å². The fourth-order valence-corrected chi connectivity index (χ4v) is 1.83. The number of nitrogens with two attached hydrogens (primary N) is 1. The van der Waals surface area contributed by atoms with Crippen molar-refractivity contribution in [3.63, 3.8) is 0 Å². The van der Waals surface area contributed by atoms with Crippen LogP contribution in [-0.2, 0) is 0 Å². The standard InChI is InChI=1S/C8H12ClN5/c9-8-6(14-3-1-2-4-14)5-7(11-10)12-13-8/h5H,1-4,10H2,(H,11,12). The maximum atomic E-state index is 5.95. The lowest BCUT2D eigenvalue weighted by Crippen LogP contribution is -2.19. The molecular weight excluding hydrogens is 202 g/mol. The average molecular weight is 214 g/mol. The number of halogens is 1. The van der Waals surface area contributed by atoms with Gasteiger partial charge in [0.05, 0.1) is 5.69 Å². The lowest BCUT2D eigenvalue weighted by atomic mass is 10.4. The quantitative estimate of drug-likeness (QED) is 0.567. The van der Waals surface area contributed by atoms with Crippen molar-refractivity contribution in [2.45, 2.75) is 12.8 Å². The van der Waals surface area contributed by atoms with Gasteiger partial charge < -0.3 is 10.3 Å². The Bertz CT molecular complexity index is 324. The minimum Gasteiger partial charge on any atom is -0.369 e. The van der Waals surface area contributed by atoms with Gasteiger partial charge in [-0.25, -0.2) is 5.84 Å². The van der Waals surface area contributed by atoms with Crippen LogP contribution >= 0.6 is 11.6 Å². The van der Waals surface area contributed by atoms with Crippen LogP contribution in [0.15, 0.2) is 6.07 Å². The predicted molar refractivity (Wildman–Crippen MR) is 56.3 cm³/mol. The average Bonchev–Trinajstić information content (AvgIpc) is 2.71. The van der Waals surface area contributed by atoms with Gasteiger partial charge in [-0.3, -0.25) is 0 Å². The lowest BCUT2D eigenvalue weighted by molar-refractivity contribution is 0.936. The van der Waals surface area contributed by atoms with Crippen LogP contribution < -0.4 is 16.2 Å². The molecule has 0 unspecified atom stereocenters. The molecule has 1 aromatic heterocycles. The van der Waals surface area contributed by atoms with Crippen molar-refractivity contribution in [1.82, 2.24) is 10.2 Å². The molecule has 0 aromatic carbocycles. The zero-order valence-electron chi connectivity index (χ0n) is 7.70. The SMILES string of the molecule is NNc1cc(N2CCCC2)c(Cl)nn1. The monoisotopic (exact) mass is 213 g/mol. The molecule has 2 rings (SSSR count). The normalized spacial score (nSPS) is 16.0. The third-order valence-electron chi connectivity index (χ3n) is 2.32. The first-order valence-corrected chi connectivity index (χ1v) is 4.94. The molecule has 0 radical (unpaired) electrons. The van der Waals surface area contributed by atoms with Crippen LogP contribution in [0.1, 0.15) is 12.8 Å². The molecule has 3 N–H and O–H groups in total. The third-order valence-corrected chi connectivity index (χ3v) is 2.59. The van der Waals surface area contributed by atoms with E-state index >= 15 is 0 Å². The lowest BCUT2D eigenvalue weighted by Gasteiger charge is -2.18. The zero-order valence-corrected chi connectivity index (χ0v) is 8.46. The molecule has 2 heterocycles. The van der Waals surface area contributed by atoms with Crippen LogP contribution in [0.3, 0.4) is 0 Å². The topological polar surface area (TPSA) is 67.1 Å². The first kappa shape index (κ1) is 9.48. The highest BCUT2D eigenvalue weighted by Gasteiger charge is 2.16. The number of rotatable bonds is 2. The van der Waals surface area contributed by atoms with E-state index in [9.17, 15) is 0 Å². The fraction of sp³-hybridized carbons (Fsp3) is 0.500. The summed E-state index contributed by atoms with van der Waals surface area (Å²) in [6, 6.07) is 1.82. The number of hydrazine groups is 1. The van der Waals surface area contributed by atoms with E-state index in [0.29, 0.717) is 11.0 Å². The Balaban J connectivity index is 2.29. The minimum absolute atomic E-state index is 0.436. The number of nitrogens with one attached hydrogen (secondary N) is 1. The summed E-state index contributed by atoms with van der Waals surface area (Å²) in [5.41, 5.74) is 3.37. The fourth-order valence-electron chi connectivity index (χ4n) is 1.62. The summed E-state index contributed by atoms with van der Waals surface area (Å²) in [5, 5.41) is 8.05. The Kier molecular flexibility index (Phi) is 2.69. The van der Waals surface area contributed by atoms with Crippen LogP contribution in [0, 0.1) is 0 Å². The Hall–Kier alpha value is -1.07. The van der Waals surface area contributed by atoms with Gasteiger partial charge in [0.25, 0.3) is 0 Å². The summed E-state index contributed by atoms with van der Waals surface area (Å²) in [4.78, 5) is 2.19. The van der Waals surface area contributed by atoms with Gasteiger partial charge in [0.2, 0.25) is 0 Å². The maximum absolute atomic E-state index is 5.95. The van der Waals surface area contributed by atoms with Crippen molar-refractivity contribution in [3.8, 4) is 0 Å². The van der Waals surface area contributed by atoms with Gasteiger partial charge in [-0.05, 0) is 12.8 Å². The van der Waals surface area contributed by atoms with E-state index in [1.54, 1.807) is 0 Å². The molecule has 0 aliphatic carbocycles. The second kappa shape index (κ2) is 3.98. The van der Waals surface area contributed by atoms with Gasteiger partial charge in [-0.1, -0.05) is 11.6 Å². The van der Waals surface area contributed by atoms with Crippen molar-refractivity contribution in [2.75, 3.05) is 23.4 Å². The number of nitrogens with zero attached hydrogens (tertiary/aromatic N) is 3. The van der Waals surface area contributed by atoms with Crippen LogP contribution in [0.25, 0.3) is 0 Å².